The number of Topliss-reactive ketones (excluding diaryl/α,β-unsaturated/α-hetero) is 1. The maximum absolute atomic E-state index is 12.3. The van der Waals surface area contributed by atoms with Crippen LogP contribution in [0.3, 0.4) is 0 Å². The fourth-order valence-electron chi connectivity index (χ4n) is 3.59. The summed E-state index contributed by atoms with van der Waals surface area (Å²) in [5, 5.41) is 4.09. The molecule has 108 valence electrons. The van der Waals surface area contributed by atoms with Crippen molar-refractivity contribution in [3.8, 4) is 0 Å². The van der Waals surface area contributed by atoms with Gasteiger partial charge in [0.25, 0.3) is 5.91 Å². The molecule has 1 aromatic carbocycles. The van der Waals surface area contributed by atoms with E-state index in [1.807, 2.05) is 24.3 Å². The van der Waals surface area contributed by atoms with Crippen LogP contribution in [0.5, 0.6) is 0 Å². The van der Waals surface area contributed by atoms with E-state index in [1.54, 1.807) is 6.92 Å². The number of hydrogen-bond acceptors (Lipinski definition) is 2. The largest absolute Gasteiger partial charge is 0.350 e. The quantitative estimate of drug-likeness (QED) is 0.818. The van der Waals surface area contributed by atoms with E-state index in [-0.39, 0.29) is 17.1 Å². The summed E-state index contributed by atoms with van der Waals surface area (Å²) in [6, 6.07) is 7.63. The number of nitrogens with zero attached hydrogens (tertiary/aromatic N) is 1. The number of amides is 1. The van der Waals surface area contributed by atoms with Crippen LogP contribution in [0, 0.1) is 5.41 Å². The molecule has 1 amide bonds. The van der Waals surface area contributed by atoms with Crippen molar-refractivity contribution < 1.29 is 9.59 Å². The Labute approximate surface area is 123 Å². The molecule has 1 aliphatic carbocycles. The average molecular weight is 282 g/mol. The SMILES string of the molecule is CC(=O)c1ccc2cc3n(c2c1)CC1(CCC1)CNC3=O. The Morgan fingerprint density at radius 2 is 2.10 bits per heavy atom. The number of carbonyl (C=O) groups excluding carboxylic acids is 2. The Kier molecular flexibility index (Phi) is 2.52. The minimum absolute atomic E-state index is 0.000602. The number of carbonyl (C=O) groups is 2. The molecule has 4 rings (SSSR count). The lowest BCUT2D eigenvalue weighted by molar-refractivity contribution is 0.0878. The molecule has 1 aromatic heterocycles. The Balaban J connectivity index is 1.92. The molecule has 0 atom stereocenters. The normalized spacial score (nSPS) is 19.8. The molecular formula is C17H18N2O2. The van der Waals surface area contributed by atoms with E-state index >= 15 is 0 Å². The Hall–Kier alpha value is -2.10. The molecule has 2 heterocycles. The van der Waals surface area contributed by atoms with Gasteiger partial charge in [-0.05, 0) is 31.9 Å². The number of hydrogen-bond donors (Lipinski definition) is 1. The zero-order valence-electron chi connectivity index (χ0n) is 12.1. The smallest absolute Gasteiger partial charge is 0.267 e. The second-order valence-corrected chi connectivity index (χ2v) is 6.48. The Morgan fingerprint density at radius 1 is 1.29 bits per heavy atom. The van der Waals surface area contributed by atoms with Gasteiger partial charge < -0.3 is 9.88 Å². The molecule has 1 fully saturated rings. The van der Waals surface area contributed by atoms with Gasteiger partial charge in [-0.1, -0.05) is 18.6 Å². The number of nitrogens with one attached hydrogen (secondary N) is 1. The van der Waals surface area contributed by atoms with E-state index in [4.69, 9.17) is 0 Å². The molecule has 0 bridgehead atoms. The molecule has 1 saturated carbocycles. The Bertz CT molecular complexity index is 768. The highest BCUT2D eigenvalue weighted by Gasteiger charge is 2.40. The molecule has 0 radical (unpaired) electrons. The van der Waals surface area contributed by atoms with Gasteiger partial charge in [0, 0.05) is 35.0 Å². The maximum atomic E-state index is 12.3. The van der Waals surface area contributed by atoms with Gasteiger partial charge >= 0.3 is 0 Å². The molecule has 21 heavy (non-hydrogen) atoms. The van der Waals surface area contributed by atoms with Crippen LogP contribution in [0.2, 0.25) is 0 Å². The van der Waals surface area contributed by atoms with Gasteiger partial charge in [-0.2, -0.15) is 0 Å². The summed E-state index contributed by atoms with van der Waals surface area (Å²) in [4.78, 5) is 23.9. The monoisotopic (exact) mass is 282 g/mol. The van der Waals surface area contributed by atoms with Crippen LogP contribution < -0.4 is 5.32 Å². The number of rotatable bonds is 1. The van der Waals surface area contributed by atoms with Crippen LogP contribution in [0.4, 0.5) is 0 Å². The summed E-state index contributed by atoms with van der Waals surface area (Å²) in [7, 11) is 0. The van der Waals surface area contributed by atoms with E-state index in [9.17, 15) is 9.59 Å². The second kappa shape index (κ2) is 4.20. The van der Waals surface area contributed by atoms with Crippen molar-refractivity contribution in [2.24, 2.45) is 5.41 Å². The van der Waals surface area contributed by atoms with Gasteiger partial charge in [0.05, 0.1) is 0 Å². The predicted molar refractivity (Wildman–Crippen MR) is 80.6 cm³/mol. The van der Waals surface area contributed by atoms with Gasteiger partial charge in [0.2, 0.25) is 0 Å². The fourth-order valence-corrected chi connectivity index (χ4v) is 3.59. The van der Waals surface area contributed by atoms with E-state index < -0.39 is 0 Å². The molecule has 4 heteroatoms. The number of fused-ring (bicyclic) bond motifs is 3. The molecule has 2 aliphatic rings. The van der Waals surface area contributed by atoms with Crippen molar-refractivity contribution >= 4 is 22.6 Å². The van der Waals surface area contributed by atoms with Crippen molar-refractivity contribution in [1.82, 2.24) is 9.88 Å². The number of aromatic nitrogens is 1. The summed E-state index contributed by atoms with van der Waals surface area (Å²) in [6.45, 7) is 3.21. The average Bonchev–Trinajstić information content (AvgIpc) is 2.71. The second-order valence-electron chi connectivity index (χ2n) is 6.48. The standard InChI is InChI=1S/C17H18N2O2/c1-11(20)12-3-4-13-8-15-16(21)18-9-17(5-2-6-17)10-19(15)14(13)7-12/h3-4,7-8H,2,5-6,9-10H2,1H3,(H,18,21). The zero-order chi connectivity index (χ0) is 14.6. The minimum Gasteiger partial charge on any atom is -0.350 e. The van der Waals surface area contributed by atoms with Crippen molar-refractivity contribution in [3.05, 3.63) is 35.5 Å². The fraction of sp³-hybridized carbons (Fsp3) is 0.412. The van der Waals surface area contributed by atoms with Gasteiger partial charge in [0.15, 0.2) is 5.78 Å². The highest BCUT2D eigenvalue weighted by molar-refractivity contribution is 6.02. The van der Waals surface area contributed by atoms with Gasteiger partial charge in [-0.3, -0.25) is 9.59 Å². The molecular weight excluding hydrogens is 264 g/mol. The number of benzene rings is 1. The molecule has 2 aromatic rings. The first-order chi connectivity index (χ1) is 10.1. The third-order valence-corrected chi connectivity index (χ3v) is 5.08. The lowest BCUT2D eigenvalue weighted by Gasteiger charge is -2.41. The third kappa shape index (κ3) is 1.82. The Morgan fingerprint density at radius 3 is 2.76 bits per heavy atom. The van der Waals surface area contributed by atoms with E-state index in [1.165, 1.54) is 19.3 Å². The highest BCUT2D eigenvalue weighted by atomic mass is 16.2. The van der Waals surface area contributed by atoms with Crippen LogP contribution in [0.15, 0.2) is 24.3 Å². The summed E-state index contributed by atoms with van der Waals surface area (Å²) in [5.74, 6) is 0.0585. The van der Waals surface area contributed by atoms with Gasteiger partial charge in [-0.25, -0.2) is 0 Å². The van der Waals surface area contributed by atoms with Gasteiger partial charge in [-0.15, -0.1) is 0 Å². The lowest BCUT2D eigenvalue weighted by atomic mass is 9.68. The van der Waals surface area contributed by atoms with Crippen LogP contribution in [-0.2, 0) is 6.54 Å². The minimum atomic E-state index is -0.000602. The topological polar surface area (TPSA) is 51.1 Å². The highest BCUT2D eigenvalue weighted by Crippen LogP contribution is 2.44. The van der Waals surface area contributed by atoms with Gasteiger partial charge in [0.1, 0.15) is 5.69 Å². The molecule has 1 spiro atoms. The molecule has 0 unspecified atom stereocenters. The van der Waals surface area contributed by atoms with Crippen molar-refractivity contribution in [2.45, 2.75) is 32.7 Å². The van der Waals surface area contributed by atoms with Crippen LogP contribution in [0.25, 0.3) is 10.9 Å². The van der Waals surface area contributed by atoms with E-state index in [2.05, 4.69) is 9.88 Å². The summed E-state index contributed by atoms with van der Waals surface area (Å²) >= 11 is 0. The molecule has 1 aliphatic heterocycles. The summed E-state index contributed by atoms with van der Waals surface area (Å²) < 4.78 is 2.11. The van der Waals surface area contributed by atoms with Crippen molar-refractivity contribution in [3.63, 3.8) is 0 Å². The number of ketones is 1. The van der Waals surface area contributed by atoms with Crippen molar-refractivity contribution in [2.75, 3.05) is 6.54 Å². The molecule has 4 nitrogen and oxygen atoms in total. The first-order valence-corrected chi connectivity index (χ1v) is 7.50. The predicted octanol–water partition coefficient (Wildman–Crippen LogP) is 2.76. The third-order valence-electron chi connectivity index (χ3n) is 5.08. The zero-order valence-corrected chi connectivity index (χ0v) is 12.1. The van der Waals surface area contributed by atoms with E-state index in [0.717, 1.165) is 29.7 Å². The first-order valence-electron chi connectivity index (χ1n) is 7.50. The summed E-state index contributed by atoms with van der Waals surface area (Å²) in [5.41, 5.74) is 2.63. The molecule has 0 saturated heterocycles. The molecule has 1 N–H and O–H groups in total. The van der Waals surface area contributed by atoms with Crippen LogP contribution in [0.1, 0.15) is 47.0 Å². The lowest BCUT2D eigenvalue weighted by Crippen LogP contribution is -2.41. The van der Waals surface area contributed by atoms with E-state index in [0.29, 0.717) is 5.56 Å². The van der Waals surface area contributed by atoms with Crippen LogP contribution in [-0.4, -0.2) is 22.8 Å². The maximum Gasteiger partial charge on any atom is 0.267 e. The van der Waals surface area contributed by atoms with Crippen molar-refractivity contribution in [1.29, 1.82) is 0 Å². The first kappa shape index (κ1) is 12.6. The van der Waals surface area contributed by atoms with Crippen LogP contribution >= 0.6 is 0 Å². The summed E-state index contributed by atoms with van der Waals surface area (Å²) in [6.07, 6.45) is 3.57.